The fourth-order valence-electron chi connectivity index (χ4n) is 3.06. The lowest BCUT2D eigenvalue weighted by Crippen LogP contribution is -2.50. The highest BCUT2D eigenvalue weighted by molar-refractivity contribution is 6.36. The zero-order valence-electron chi connectivity index (χ0n) is 17.7. The molecule has 0 saturated heterocycles. The molecule has 0 radical (unpaired) electrons. The van der Waals surface area contributed by atoms with Gasteiger partial charge in [-0.15, -0.1) is 0 Å². The molecule has 2 rings (SSSR count). The summed E-state index contributed by atoms with van der Waals surface area (Å²) in [6.45, 7) is 3.96. The van der Waals surface area contributed by atoms with Gasteiger partial charge in [-0.25, -0.2) is 4.39 Å². The lowest BCUT2D eigenvalue weighted by molar-refractivity contribution is -0.143. The molecule has 5 nitrogen and oxygen atoms in total. The molecule has 0 aliphatic heterocycles. The van der Waals surface area contributed by atoms with Gasteiger partial charge >= 0.3 is 0 Å². The molecule has 0 spiro atoms. The third-order valence-electron chi connectivity index (χ3n) is 4.79. The minimum Gasteiger partial charge on any atom is -0.481 e. The smallest absolute Gasteiger partial charge is 0.261 e. The standard InChI is InChI=1S/C23H27Cl2FN2O3/c1-3-5-13-27-23(30)20(4-2)28(14-16-17(24)9-8-10-18(16)25)22(29)15-31-21-12-7-6-11-19(21)26/h6-12,20H,3-5,13-15H2,1-2H3,(H,27,30)/t20-/m0/s1. The highest BCUT2D eigenvalue weighted by Crippen LogP contribution is 2.27. The first kappa shape index (κ1) is 25.0. The number of benzene rings is 2. The van der Waals surface area contributed by atoms with Gasteiger partial charge in [-0.2, -0.15) is 0 Å². The summed E-state index contributed by atoms with van der Waals surface area (Å²) < 4.78 is 19.3. The minimum absolute atomic E-state index is 0.0255. The van der Waals surface area contributed by atoms with Crippen molar-refractivity contribution in [3.63, 3.8) is 0 Å². The van der Waals surface area contributed by atoms with Crippen LogP contribution in [0.1, 0.15) is 38.7 Å². The summed E-state index contributed by atoms with van der Waals surface area (Å²) in [5.74, 6) is -1.34. The average Bonchev–Trinajstić information content (AvgIpc) is 2.75. The molecular formula is C23H27Cl2FN2O3. The number of ether oxygens (including phenoxy) is 1. The van der Waals surface area contributed by atoms with E-state index >= 15 is 0 Å². The van der Waals surface area contributed by atoms with Crippen LogP contribution in [0.3, 0.4) is 0 Å². The Balaban J connectivity index is 2.26. The van der Waals surface area contributed by atoms with Crippen molar-refractivity contribution < 1.29 is 18.7 Å². The average molecular weight is 469 g/mol. The second-order valence-corrected chi connectivity index (χ2v) is 7.82. The number of hydrogen-bond donors (Lipinski definition) is 1. The molecule has 0 heterocycles. The topological polar surface area (TPSA) is 58.6 Å². The molecule has 0 aliphatic rings. The summed E-state index contributed by atoms with van der Waals surface area (Å²) in [4.78, 5) is 27.3. The van der Waals surface area contributed by atoms with Gasteiger partial charge in [0.05, 0.1) is 0 Å². The first-order valence-corrected chi connectivity index (χ1v) is 11.0. The molecule has 168 valence electrons. The lowest BCUT2D eigenvalue weighted by atomic mass is 10.1. The maximum Gasteiger partial charge on any atom is 0.261 e. The molecule has 0 bridgehead atoms. The molecule has 31 heavy (non-hydrogen) atoms. The summed E-state index contributed by atoms with van der Waals surface area (Å²) in [5, 5.41) is 3.65. The Hall–Kier alpha value is -2.31. The van der Waals surface area contributed by atoms with E-state index in [0.717, 1.165) is 12.8 Å². The van der Waals surface area contributed by atoms with Gasteiger partial charge in [0.15, 0.2) is 18.2 Å². The Morgan fingerprint density at radius 2 is 1.77 bits per heavy atom. The Bertz CT molecular complexity index is 875. The summed E-state index contributed by atoms with van der Waals surface area (Å²) >= 11 is 12.6. The highest BCUT2D eigenvalue weighted by Gasteiger charge is 2.30. The van der Waals surface area contributed by atoms with Crippen LogP contribution in [-0.4, -0.2) is 35.9 Å². The molecular weight excluding hydrogens is 442 g/mol. The van der Waals surface area contributed by atoms with E-state index in [2.05, 4.69) is 5.32 Å². The van der Waals surface area contributed by atoms with Crippen LogP contribution < -0.4 is 10.1 Å². The highest BCUT2D eigenvalue weighted by atomic mass is 35.5. The predicted octanol–water partition coefficient (Wildman–Crippen LogP) is 5.24. The monoisotopic (exact) mass is 468 g/mol. The summed E-state index contributed by atoms with van der Waals surface area (Å²) in [5.41, 5.74) is 0.532. The van der Waals surface area contributed by atoms with Crippen LogP contribution in [-0.2, 0) is 16.1 Å². The zero-order chi connectivity index (χ0) is 22.8. The summed E-state index contributed by atoms with van der Waals surface area (Å²) in [7, 11) is 0. The molecule has 0 saturated carbocycles. The molecule has 0 aromatic heterocycles. The fourth-order valence-corrected chi connectivity index (χ4v) is 3.58. The van der Waals surface area contributed by atoms with E-state index in [9.17, 15) is 14.0 Å². The maximum atomic E-state index is 13.9. The van der Waals surface area contributed by atoms with Crippen LogP contribution in [0, 0.1) is 5.82 Å². The van der Waals surface area contributed by atoms with Crippen molar-refractivity contribution in [2.75, 3.05) is 13.2 Å². The van der Waals surface area contributed by atoms with Crippen molar-refractivity contribution in [3.05, 3.63) is 63.9 Å². The van der Waals surface area contributed by atoms with Gasteiger partial charge < -0.3 is 15.0 Å². The molecule has 0 fully saturated rings. The number of carbonyl (C=O) groups excluding carboxylic acids is 2. The number of nitrogens with zero attached hydrogens (tertiary/aromatic N) is 1. The van der Waals surface area contributed by atoms with E-state index < -0.39 is 24.4 Å². The lowest BCUT2D eigenvalue weighted by Gasteiger charge is -2.31. The number of rotatable bonds is 11. The van der Waals surface area contributed by atoms with Crippen molar-refractivity contribution in [3.8, 4) is 5.75 Å². The number of amides is 2. The molecule has 0 unspecified atom stereocenters. The third-order valence-corrected chi connectivity index (χ3v) is 5.50. The van der Waals surface area contributed by atoms with Gasteiger partial charge in [0, 0.05) is 28.7 Å². The van der Waals surface area contributed by atoms with Crippen LogP contribution in [0.4, 0.5) is 4.39 Å². The fraction of sp³-hybridized carbons (Fsp3) is 0.391. The van der Waals surface area contributed by atoms with Gasteiger partial charge in [-0.3, -0.25) is 9.59 Å². The first-order chi connectivity index (χ1) is 14.9. The second kappa shape index (κ2) is 12.5. The molecule has 1 atom stereocenters. The normalized spacial score (nSPS) is 11.6. The first-order valence-electron chi connectivity index (χ1n) is 10.3. The van der Waals surface area contributed by atoms with Gasteiger partial charge in [0.2, 0.25) is 5.91 Å². The van der Waals surface area contributed by atoms with Crippen LogP contribution in [0.5, 0.6) is 5.75 Å². The largest absolute Gasteiger partial charge is 0.481 e. The molecule has 2 amide bonds. The van der Waals surface area contributed by atoms with Crippen LogP contribution in [0.2, 0.25) is 10.0 Å². The van der Waals surface area contributed by atoms with E-state index in [0.29, 0.717) is 28.6 Å². The predicted molar refractivity (Wildman–Crippen MR) is 121 cm³/mol. The van der Waals surface area contributed by atoms with Gasteiger partial charge in [-0.05, 0) is 37.1 Å². The number of carbonyl (C=O) groups is 2. The van der Waals surface area contributed by atoms with E-state index in [1.54, 1.807) is 24.3 Å². The number of halogens is 3. The minimum atomic E-state index is -0.749. The van der Waals surface area contributed by atoms with Crippen LogP contribution in [0.25, 0.3) is 0 Å². The molecule has 0 aliphatic carbocycles. The molecule has 2 aromatic carbocycles. The Morgan fingerprint density at radius 1 is 1.10 bits per heavy atom. The van der Waals surface area contributed by atoms with E-state index in [-0.39, 0.29) is 18.2 Å². The Morgan fingerprint density at radius 3 is 2.39 bits per heavy atom. The molecule has 2 aromatic rings. The summed E-state index contributed by atoms with van der Waals surface area (Å²) in [6, 6.07) is 10.1. The summed E-state index contributed by atoms with van der Waals surface area (Å²) in [6.07, 6.45) is 2.15. The van der Waals surface area contributed by atoms with Crippen molar-refractivity contribution >= 4 is 35.0 Å². The van der Waals surface area contributed by atoms with Gasteiger partial charge in [0.25, 0.3) is 5.91 Å². The third kappa shape index (κ3) is 7.11. The van der Waals surface area contributed by atoms with Crippen LogP contribution in [0.15, 0.2) is 42.5 Å². The Kier molecular flexibility index (Phi) is 10.1. The van der Waals surface area contributed by atoms with E-state index in [4.69, 9.17) is 27.9 Å². The van der Waals surface area contributed by atoms with Gasteiger partial charge in [-0.1, -0.05) is 61.7 Å². The van der Waals surface area contributed by atoms with Crippen LogP contribution >= 0.6 is 23.2 Å². The SMILES string of the molecule is CCCCNC(=O)[C@H](CC)N(Cc1c(Cl)cccc1Cl)C(=O)COc1ccccc1F. The van der Waals surface area contributed by atoms with Crippen molar-refractivity contribution in [2.24, 2.45) is 0 Å². The van der Waals surface area contributed by atoms with Crippen molar-refractivity contribution in [2.45, 2.75) is 45.7 Å². The second-order valence-electron chi connectivity index (χ2n) is 7.01. The number of para-hydroxylation sites is 1. The van der Waals surface area contributed by atoms with E-state index in [1.165, 1.54) is 23.1 Å². The zero-order valence-corrected chi connectivity index (χ0v) is 19.2. The maximum absolute atomic E-state index is 13.9. The Labute approximate surface area is 192 Å². The number of nitrogens with one attached hydrogen (secondary N) is 1. The molecule has 1 N–H and O–H groups in total. The quantitative estimate of drug-likeness (QED) is 0.459. The van der Waals surface area contributed by atoms with Crippen molar-refractivity contribution in [1.82, 2.24) is 10.2 Å². The van der Waals surface area contributed by atoms with E-state index in [1.807, 2.05) is 13.8 Å². The van der Waals surface area contributed by atoms with Gasteiger partial charge in [0.1, 0.15) is 6.04 Å². The number of hydrogen-bond acceptors (Lipinski definition) is 3. The van der Waals surface area contributed by atoms with Crippen molar-refractivity contribution in [1.29, 1.82) is 0 Å². The number of unbranched alkanes of at least 4 members (excludes halogenated alkanes) is 1. The molecule has 8 heteroatoms.